The minimum absolute atomic E-state index is 0.0385. The van der Waals surface area contributed by atoms with Gasteiger partial charge in [0.05, 0.1) is 0 Å². The molecule has 2 aromatic carbocycles. The first-order chi connectivity index (χ1) is 10.8. The van der Waals surface area contributed by atoms with Gasteiger partial charge in [0.2, 0.25) is 6.79 Å². The maximum Gasteiger partial charge on any atom is 0.251 e. The van der Waals surface area contributed by atoms with Crippen molar-refractivity contribution < 1.29 is 14.3 Å². The molecule has 114 valence electrons. The van der Waals surface area contributed by atoms with Crippen LogP contribution in [0.15, 0.2) is 42.5 Å². The second-order valence-electron chi connectivity index (χ2n) is 5.24. The minimum Gasteiger partial charge on any atom is -0.454 e. The van der Waals surface area contributed by atoms with Gasteiger partial charge >= 0.3 is 0 Å². The fourth-order valence-corrected chi connectivity index (χ4v) is 2.41. The zero-order valence-corrected chi connectivity index (χ0v) is 12.6. The van der Waals surface area contributed by atoms with E-state index in [0.29, 0.717) is 12.1 Å². The van der Waals surface area contributed by atoms with E-state index in [-0.39, 0.29) is 12.7 Å². The number of benzene rings is 2. The molecule has 2 aromatic rings. The molecule has 4 heteroatoms. The maximum atomic E-state index is 12.1. The molecule has 1 aliphatic heterocycles. The number of carbonyl (C=O) groups excluding carboxylic acids is 1. The molecule has 1 aliphatic rings. The van der Waals surface area contributed by atoms with E-state index in [0.717, 1.165) is 29.9 Å². The molecular weight excluding hydrogens is 278 g/mol. The van der Waals surface area contributed by atoms with Crippen LogP contribution >= 0.6 is 0 Å². The summed E-state index contributed by atoms with van der Waals surface area (Å²) >= 11 is 0. The highest BCUT2D eigenvalue weighted by molar-refractivity contribution is 5.94. The molecule has 0 fully saturated rings. The number of hydrogen-bond acceptors (Lipinski definition) is 3. The Morgan fingerprint density at radius 1 is 1.05 bits per heavy atom. The van der Waals surface area contributed by atoms with Gasteiger partial charge in [-0.1, -0.05) is 25.1 Å². The van der Waals surface area contributed by atoms with Gasteiger partial charge in [-0.05, 0) is 48.2 Å². The second kappa shape index (κ2) is 6.52. The summed E-state index contributed by atoms with van der Waals surface area (Å²) in [5.41, 5.74) is 3.05. The summed E-state index contributed by atoms with van der Waals surface area (Å²) in [6, 6.07) is 13.6. The van der Waals surface area contributed by atoms with Crippen LogP contribution in [0.4, 0.5) is 0 Å². The Morgan fingerprint density at radius 2 is 1.77 bits per heavy atom. The average Bonchev–Trinajstić information content (AvgIpc) is 3.02. The Bertz CT molecular complexity index is 665. The van der Waals surface area contributed by atoms with Crippen molar-refractivity contribution in [1.82, 2.24) is 5.32 Å². The zero-order valence-electron chi connectivity index (χ0n) is 12.6. The summed E-state index contributed by atoms with van der Waals surface area (Å²) in [5.74, 6) is 1.52. The van der Waals surface area contributed by atoms with Crippen molar-refractivity contribution in [2.24, 2.45) is 0 Å². The van der Waals surface area contributed by atoms with Gasteiger partial charge in [0.15, 0.2) is 11.5 Å². The van der Waals surface area contributed by atoms with E-state index < -0.39 is 0 Å². The Morgan fingerprint density at radius 3 is 2.55 bits per heavy atom. The van der Waals surface area contributed by atoms with Crippen LogP contribution in [-0.4, -0.2) is 19.2 Å². The van der Waals surface area contributed by atoms with Gasteiger partial charge < -0.3 is 14.8 Å². The molecule has 0 aliphatic carbocycles. The molecule has 0 radical (unpaired) electrons. The summed E-state index contributed by atoms with van der Waals surface area (Å²) in [6.07, 6.45) is 1.74. The molecule has 0 unspecified atom stereocenters. The molecule has 0 saturated carbocycles. The lowest BCUT2D eigenvalue weighted by Crippen LogP contribution is -2.25. The predicted molar refractivity (Wildman–Crippen MR) is 84.4 cm³/mol. The largest absolute Gasteiger partial charge is 0.454 e. The fourth-order valence-electron chi connectivity index (χ4n) is 2.41. The molecule has 0 spiro atoms. The second-order valence-corrected chi connectivity index (χ2v) is 5.24. The summed E-state index contributed by atoms with van der Waals surface area (Å²) < 4.78 is 10.6. The van der Waals surface area contributed by atoms with E-state index in [1.165, 1.54) is 5.56 Å². The average molecular weight is 297 g/mol. The molecule has 22 heavy (non-hydrogen) atoms. The molecule has 0 aromatic heterocycles. The number of carbonyl (C=O) groups is 1. The molecule has 3 rings (SSSR count). The van der Waals surface area contributed by atoms with Crippen molar-refractivity contribution in [3.63, 3.8) is 0 Å². The highest BCUT2D eigenvalue weighted by Gasteiger charge is 2.13. The monoisotopic (exact) mass is 297 g/mol. The number of nitrogens with one attached hydrogen (secondary N) is 1. The van der Waals surface area contributed by atoms with Crippen molar-refractivity contribution in [2.75, 3.05) is 13.3 Å². The normalized spacial score (nSPS) is 12.2. The van der Waals surface area contributed by atoms with Crippen molar-refractivity contribution in [3.05, 3.63) is 59.2 Å². The van der Waals surface area contributed by atoms with Crippen LogP contribution in [0.1, 0.15) is 28.4 Å². The van der Waals surface area contributed by atoms with Gasteiger partial charge in [0, 0.05) is 12.1 Å². The van der Waals surface area contributed by atoms with Crippen LogP contribution in [0.3, 0.4) is 0 Å². The Balaban J connectivity index is 1.52. The summed E-state index contributed by atoms with van der Waals surface area (Å²) in [6.45, 7) is 2.97. The molecule has 1 heterocycles. The maximum absolute atomic E-state index is 12.1. The van der Waals surface area contributed by atoms with Gasteiger partial charge in [-0.15, -0.1) is 0 Å². The number of amides is 1. The van der Waals surface area contributed by atoms with Crippen LogP contribution in [0.25, 0.3) is 0 Å². The predicted octanol–water partition coefficient (Wildman–Crippen LogP) is 2.95. The van der Waals surface area contributed by atoms with E-state index in [9.17, 15) is 4.79 Å². The Hall–Kier alpha value is -2.49. The van der Waals surface area contributed by atoms with Gasteiger partial charge in [0.25, 0.3) is 5.91 Å². The highest BCUT2D eigenvalue weighted by Crippen LogP contribution is 2.32. The van der Waals surface area contributed by atoms with Crippen molar-refractivity contribution in [3.8, 4) is 11.5 Å². The van der Waals surface area contributed by atoms with Crippen molar-refractivity contribution in [2.45, 2.75) is 19.8 Å². The third kappa shape index (κ3) is 3.22. The molecule has 0 saturated heterocycles. The summed E-state index contributed by atoms with van der Waals surface area (Å²) in [4.78, 5) is 12.1. The van der Waals surface area contributed by atoms with E-state index in [1.807, 2.05) is 42.5 Å². The lowest BCUT2D eigenvalue weighted by molar-refractivity contribution is 0.0954. The summed E-state index contributed by atoms with van der Waals surface area (Å²) in [7, 11) is 0. The van der Waals surface area contributed by atoms with E-state index in [2.05, 4.69) is 12.2 Å². The molecule has 0 bridgehead atoms. The molecular formula is C18H19NO3. The number of fused-ring (bicyclic) bond motifs is 1. The molecule has 1 N–H and O–H groups in total. The number of hydrogen-bond donors (Lipinski definition) is 1. The van der Waals surface area contributed by atoms with E-state index >= 15 is 0 Å². The lowest BCUT2D eigenvalue weighted by atomic mass is 10.1. The van der Waals surface area contributed by atoms with Gasteiger partial charge in [-0.2, -0.15) is 0 Å². The highest BCUT2D eigenvalue weighted by atomic mass is 16.7. The third-order valence-electron chi connectivity index (χ3n) is 3.76. The molecule has 1 amide bonds. The van der Waals surface area contributed by atoms with Crippen molar-refractivity contribution in [1.29, 1.82) is 0 Å². The molecule has 0 atom stereocenters. The third-order valence-corrected chi connectivity index (χ3v) is 3.76. The number of aryl methyl sites for hydroxylation is 1. The van der Waals surface area contributed by atoms with Crippen LogP contribution in [0.5, 0.6) is 11.5 Å². The van der Waals surface area contributed by atoms with E-state index in [4.69, 9.17) is 9.47 Å². The van der Waals surface area contributed by atoms with Crippen LogP contribution < -0.4 is 14.8 Å². The fraction of sp³-hybridized carbons (Fsp3) is 0.278. The number of rotatable bonds is 5. The van der Waals surface area contributed by atoms with Gasteiger partial charge in [-0.25, -0.2) is 0 Å². The zero-order chi connectivity index (χ0) is 15.4. The van der Waals surface area contributed by atoms with Gasteiger partial charge in [-0.3, -0.25) is 4.79 Å². The van der Waals surface area contributed by atoms with Crippen LogP contribution in [0.2, 0.25) is 0 Å². The smallest absolute Gasteiger partial charge is 0.251 e. The first-order valence-electron chi connectivity index (χ1n) is 7.52. The Kier molecular flexibility index (Phi) is 4.28. The van der Waals surface area contributed by atoms with Gasteiger partial charge in [0.1, 0.15) is 0 Å². The van der Waals surface area contributed by atoms with Crippen LogP contribution in [-0.2, 0) is 12.8 Å². The SMILES string of the molecule is CCc1ccc(C(=O)NCCc2ccc3c(c2)OCO3)cc1. The quantitative estimate of drug-likeness (QED) is 0.923. The topological polar surface area (TPSA) is 47.6 Å². The standard InChI is InChI=1S/C18H19NO3/c1-2-13-3-6-15(7-4-13)18(20)19-10-9-14-5-8-16-17(11-14)22-12-21-16/h3-8,11H,2,9-10,12H2,1H3,(H,19,20). The minimum atomic E-state index is -0.0385. The number of ether oxygens (including phenoxy) is 2. The Labute approximate surface area is 130 Å². The van der Waals surface area contributed by atoms with Crippen molar-refractivity contribution >= 4 is 5.91 Å². The van der Waals surface area contributed by atoms with E-state index in [1.54, 1.807) is 0 Å². The first kappa shape index (κ1) is 14.4. The van der Waals surface area contributed by atoms with Crippen LogP contribution in [0, 0.1) is 0 Å². The molecule has 4 nitrogen and oxygen atoms in total. The first-order valence-corrected chi connectivity index (χ1v) is 7.52. The lowest BCUT2D eigenvalue weighted by Gasteiger charge is -2.07. The summed E-state index contributed by atoms with van der Waals surface area (Å²) in [5, 5.41) is 2.94.